The van der Waals surface area contributed by atoms with Crippen molar-refractivity contribution >= 4 is 38.0 Å². The number of hydrogen-bond acceptors (Lipinski definition) is 2. The van der Waals surface area contributed by atoms with Crippen LogP contribution >= 0.6 is 31.9 Å². The number of hydrogen-bond donors (Lipinski definition) is 1. The summed E-state index contributed by atoms with van der Waals surface area (Å²) >= 11 is 7.47. The molecule has 1 unspecified atom stereocenters. The first-order chi connectivity index (χ1) is 10.8. The van der Waals surface area contributed by atoms with Crippen LogP contribution in [0.2, 0.25) is 0 Å². The fraction of sp³-hybridized carbons (Fsp3) is 0.944. The van der Waals surface area contributed by atoms with E-state index in [-0.39, 0.29) is 15.4 Å². The molecule has 1 amide bonds. The van der Waals surface area contributed by atoms with E-state index in [1.54, 1.807) is 0 Å². The van der Waals surface area contributed by atoms with Crippen molar-refractivity contribution in [1.82, 2.24) is 5.32 Å². The van der Waals surface area contributed by atoms with Gasteiger partial charge in [0.15, 0.2) is 0 Å². The van der Waals surface area contributed by atoms with E-state index in [4.69, 9.17) is 4.74 Å². The van der Waals surface area contributed by atoms with Gasteiger partial charge in [-0.1, -0.05) is 59.1 Å². The summed E-state index contributed by atoms with van der Waals surface area (Å²) in [5, 5.41) is 3.02. The highest BCUT2D eigenvalue weighted by molar-refractivity contribution is 9.25. The van der Waals surface area contributed by atoms with Gasteiger partial charge in [0, 0.05) is 6.54 Å². The minimum atomic E-state index is -0.209. The van der Waals surface area contributed by atoms with Gasteiger partial charge in [0.1, 0.15) is 6.10 Å². The molecule has 3 fully saturated rings. The monoisotopic (exact) mass is 449 g/mol. The van der Waals surface area contributed by atoms with Gasteiger partial charge < -0.3 is 10.1 Å². The predicted molar refractivity (Wildman–Crippen MR) is 99.9 cm³/mol. The molecule has 0 radical (unpaired) electrons. The Morgan fingerprint density at radius 1 is 1.22 bits per heavy atom. The standard InChI is InChI=1S/C18H29Br2NO2/c1-10(2)13-5-4-11(3)6-16(13)23-17(22)21-9-12-7-14-15(8-12)18(14,19)20/h10-16H,4-9H2,1-3H3,(H,21,22)/t11-,12?,13+,14-,15+,16-/m1/s1. The summed E-state index contributed by atoms with van der Waals surface area (Å²) in [5.41, 5.74) is 0. The number of fused-ring (bicyclic) bond motifs is 1. The number of carbonyl (C=O) groups excluding carboxylic acids is 1. The molecule has 0 aromatic heterocycles. The van der Waals surface area contributed by atoms with E-state index in [9.17, 15) is 4.79 Å². The molecule has 3 aliphatic carbocycles. The highest BCUT2D eigenvalue weighted by atomic mass is 79.9. The van der Waals surface area contributed by atoms with E-state index in [2.05, 4.69) is 57.9 Å². The molecule has 0 aromatic rings. The van der Waals surface area contributed by atoms with E-state index < -0.39 is 0 Å². The van der Waals surface area contributed by atoms with Crippen LogP contribution in [-0.2, 0) is 4.74 Å². The molecule has 3 nitrogen and oxygen atoms in total. The first-order valence-electron chi connectivity index (χ1n) is 9.11. The predicted octanol–water partition coefficient (Wildman–Crippen LogP) is 5.32. The van der Waals surface area contributed by atoms with E-state index in [1.165, 1.54) is 25.7 Å². The van der Waals surface area contributed by atoms with Gasteiger partial charge in [0.2, 0.25) is 0 Å². The van der Waals surface area contributed by atoms with Crippen molar-refractivity contribution in [2.24, 2.45) is 35.5 Å². The number of carbonyl (C=O) groups is 1. The van der Waals surface area contributed by atoms with Gasteiger partial charge in [0.25, 0.3) is 0 Å². The Morgan fingerprint density at radius 3 is 2.48 bits per heavy atom. The Kier molecular flexibility index (Phi) is 5.38. The van der Waals surface area contributed by atoms with Gasteiger partial charge in [0.05, 0.1) is 3.23 Å². The molecule has 3 saturated carbocycles. The zero-order valence-corrected chi connectivity index (χ0v) is 17.5. The third-order valence-electron chi connectivity index (χ3n) is 6.29. The van der Waals surface area contributed by atoms with Gasteiger partial charge in [-0.25, -0.2) is 4.79 Å². The summed E-state index contributed by atoms with van der Waals surface area (Å²) in [5.74, 6) is 3.82. The summed E-state index contributed by atoms with van der Waals surface area (Å²) in [6, 6.07) is 0. The van der Waals surface area contributed by atoms with E-state index in [0.717, 1.165) is 24.8 Å². The molecule has 0 aliphatic heterocycles. The second-order valence-electron chi connectivity index (χ2n) is 8.38. The smallest absolute Gasteiger partial charge is 0.407 e. The third kappa shape index (κ3) is 3.91. The summed E-state index contributed by atoms with van der Waals surface area (Å²) in [6.07, 6.45) is 5.72. The molecule has 0 saturated heterocycles. The summed E-state index contributed by atoms with van der Waals surface area (Å²) < 4.78 is 6.00. The third-order valence-corrected chi connectivity index (χ3v) is 8.65. The number of alkyl halides is 2. The first kappa shape index (κ1) is 18.0. The highest BCUT2D eigenvalue weighted by Crippen LogP contribution is 2.70. The lowest BCUT2D eigenvalue weighted by Gasteiger charge is -2.36. The maximum atomic E-state index is 12.2. The Labute approximate surface area is 156 Å². The Bertz CT molecular complexity index is 440. The van der Waals surface area contributed by atoms with Gasteiger partial charge in [-0.05, 0) is 61.2 Å². The van der Waals surface area contributed by atoms with Crippen molar-refractivity contribution in [1.29, 1.82) is 0 Å². The minimum Gasteiger partial charge on any atom is -0.446 e. The summed E-state index contributed by atoms with van der Waals surface area (Å²) in [7, 11) is 0. The lowest BCUT2D eigenvalue weighted by molar-refractivity contribution is 0.00581. The Hall–Kier alpha value is 0.230. The zero-order chi connectivity index (χ0) is 16.8. The molecule has 3 aliphatic rings. The number of rotatable bonds is 4. The molecule has 5 heteroatoms. The van der Waals surface area contributed by atoms with Crippen molar-refractivity contribution in [2.45, 2.75) is 62.2 Å². The summed E-state index contributed by atoms with van der Waals surface area (Å²) in [6.45, 7) is 7.51. The van der Waals surface area contributed by atoms with Crippen LogP contribution in [0, 0.1) is 35.5 Å². The van der Waals surface area contributed by atoms with Crippen molar-refractivity contribution in [2.75, 3.05) is 6.54 Å². The van der Waals surface area contributed by atoms with Crippen LogP contribution in [0.3, 0.4) is 0 Å². The van der Waals surface area contributed by atoms with E-state index in [0.29, 0.717) is 23.7 Å². The zero-order valence-electron chi connectivity index (χ0n) is 14.4. The van der Waals surface area contributed by atoms with Gasteiger partial charge >= 0.3 is 6.09 Å². The van der Waals surface area contributed by atoms with Crippen LogP contribution in [0.4, 0.5) is 4.79 Å². The van der Waals surface area contributed by atoms with Crippen LogP contribution in [0.15, 0.2) is 0 Å². The molecular formula is C18H29Br2NO2. The Balaban J connectivity index is 1.42. The number of ether oxygens (including phenoxy) is 1. The van der Waals surface area contributed by atoms with Crippen molar-refractivity contribution < 1.29 is 9.53 Å². The molecule has 3 rings (SSSR count). The van der Waals surface area contributed by atoms with Crippen LogP contribution < -0.4 is 5.32 Å². The molecule has 0 aromatic carbocycles. The van der Waals surface area contributed by atoms with Crippen molar-refractivity contribution in [3.05, 3.63) is 0 Å². The number of halogens is 2. The first-order valence-corrected chi connectivity index (χ1v) is 10.7. The normalized spacial score (nSPS) is 41.5. The number of amides is 1. The largest absolute Gasteiger partial charge is 0.446 e. The molecule has 1 N–H and O–H groups in total. The fourth-order valence-corrected chi connectivity index (χ4v) is 6.50. The van der Waals surface area contributed by atoms with Crippen molar-refractivity contribution in [3.8, 4) is 0 Å². The SMILES string of the molecule is CC(C)[C@@H]1CC[C@@H](C)C[C@H]1OC(=O)NCC1C[C@@H]2[C@H](C1)C2(Br)Br. The van der Waals surface area contributed by atoms with E-state index >= 15 is 0 Å². The number of nitrogens with one attached hydrogen (secondary N) is 1. The van der Waals surface area contributed by atoms with Gasteiger partial charge in [-0.3, -0.25) is 0 Å². The van der Waals surface area contributed by atoms with Crippen LogP contribution in [0.5, 0.6) is 0 Å². The maximum Gasteiger partial charge on any atom is 0.407 e. The molecule has 0 spiro atoms. The highest BCUT2D eigenvalue weighted by Gasteiger charge is 2.65. The van der Waals surface area contributed by atoms with Gasteiger partial charge in [-0.2, -0.15) is 0 Å². The van der Waals surface area contributed by atoms with Crippen LogP contribution in [0.1, 0.15) is 52.9 Å². The Morgan fingerprint density at radius 2 is 1.87 bits per heavy atom. The summed E-state index contributed by atoms with van der Waals surface area (Å²) in [4.78, 5) is 12.2. The fourth-order valence-electron chi connectivity index (χ4n) is 4.74. The van der Waals surface area contributed by atoms with E-state index in [1.807, 2.05) is 0 Å². The van der Waals surface area contributed by atoms with Crippen LogP contribution in [-0.4, -0.2) is 22.0 Å². The molecule has 0 heterocycles. The topological polar surface area (TPSA) is 38.3 Å². The molecule has 23 heavy (non-hydrogen) atoms. The average Bonchev–Trinajstić information content (AvgIpc) is 2.84. The maximum absolute atomic E-state index is 12.2. The second kappa shape index (κ2) is 6.86. The average molecular weight is 451 g/mol. The molecule has 6 atom stereocenters. The second-order valence-corrected chi connectivity index (χ2v) is 12.1. The molecule has 0 bridgehead atoms. The quantitative estimate of drug-likeness (QED) is 0.589. The van der Waals surface area contributed by atoms with Crippen LogP contribution in [0.25, 0.3) is 0 Å². The minimum absolute atomic E-state index is 0.0912. The molecule has 132 valence electrons. The lowest BCUT2D eigenvalue weighted by Crippen LogP contribution is -2.39. The number of alkyl carbamates (subject to hydrolysis) is 1. The van der Waals surface area contributed by atoms with Crippen molar-refractivity contribution in [3.63, 3.8) is 0 Å². The lowest BCUT2D eigenvalue weighted by atomic mass is 9.75. The van der Waals surface area contributed by atoms with Gasteiger partial charge in [-0.15, -0.1) is 0 Å². The molecular weight excluding hydrogens is 422 g/mol.